The van der Waals surface area contributed by atoms with E-state index in [0.717, 1.165) is 47.3 Å². The number of aliphatic hydroxyl groups excluding tert-OH is 2. The predicted octanol–water partition coefficient (Wildman–Crippen LogP) is 8.46. The van der Waals surface area contributed by atoms with Gasteiger partial charge in [-0.2, -0.15) is 0 Å². The fourth-order valence-corrected chi connectivity index (χ4v) is 9.67. The van der Waals surface area contributed by atoms with Gasteiger partial charge >= 0.3 is 6.09 Å². The topological polar surface area (TPSA) is 138 Å². The Morgan fingerprint density at radius 1 is 0.966 bits per heavy atom. The van der Waals surface area contributed by atoms with Gasteiger partial charge in [0.2, 0.25) is 12.6 Å². The van der Waals surface area contributed by atoms with Gasteiger partial charge in [0.05, 0.1) is 25.3 Å². The molecule has 1 amide bonds. The summed E-state index contributed by atoms with van der Waals surface area (Å²) in [7, 11) is 2.90. The molecule has 0 aromatic heterocycles. The van der Waals surface area contributed by atoms with E-state index in [2.05, 4.69) is 23.9 Å². The molecule has 2 heterocycles. The normalized spacial score (nSPS) is 24.5. The number of ether oxygens (including phenoxy) is 6. The number of carbonyl (C=O) groups excluding carboxylic acids is 1. The van der Waals surface area contributed by atoms with E-state index in [0.29, 0.717) is 47.3 Å². The van der Waals surface area contributed by atoms with E-state index < -0.39 is 23.8 Å². The highest BCUT2D eigenvalue weighted by Crippen LogP contribution is 2.62. The molecule has 3 aromatic rings. The number of fused-ring (bicyclic) bond motifs is 3. The number of rotatable bonds is 18. The number of methoxy groups -OCH3 is 1. The van der Waals surface area contributed by atoms with Crippen LogP contribution in [0.4, 0.5) is 4.79 Å². The Bertz CT molecular complexity index is 1970. The lowest BCUT2D eigenvalue weighted by molar-refractivity contribution is -0.256. The number of hydrogen-bond acceptors (Lipinski definition) is 12. The van der Waals surface area contributed by atoms with Gasteiger partial charge in [0.25, 0.3) is 0 Å². The van der Waals surface area contributed by atoms with Gasteiger partial charge in [-0.15, -0.1) is 18.3 Å². The standard InChI is InChI=1S/C45H54N2O10S/c1-5-22-55-45-41(47(44(50)51-2)27-29-12-18-39-40(23-29)54-28-53-39)26-37(46-52-3)35-24-30(10-6-8-20-48)34(11-7-9-21-49)42(43(35)45)36-25-32(15-19-38(36)57-45)56-31-13-16-33(58-4)17-14-31/h5,12-19,23-25,30,34,41-43,48-49H,1,6-11,20-22,26-28H2,2-4H3. The molecule has 2 N–H and O–H groups in total. The maximum Gasteiger partial charge on any atom is 0.410 e. The zero-order valence-electron chi connectivity index (χ0n) is 33.5. The van der Waals surface area contributed by atoms with Gasteiger partial charge in [0.15, 0.2) is 11.5 Å². The van der Waals surface area contributed by atoms with Crippen molar-refractivity contribution in [1.29, 1.82) is 0 Å². The highest BCUT2D eigenvalue weighted by molar-refractivity contribution is 7.98. The number of hydrogen-bond donors (Lipinski definition) is 2. The van der Waals surface area contributed by atoms with Crippen molar-refractivity contribution in [3.8, 4) is 28.7 Å². The van der Waals surface area contributed by atoms with Crippen molar-refractivity contribution < 1.29 is 48.3 Å². The summed E-state index contributed by atoms with van der Waals surface area (Å²) in [4.78, 5) is 22.5. The second-order valence-corrected chi connectivity index (χ2v) is 15.9. The average Bonchev–Trinajstić information content (AvgIpc) is 3.72. The Morgan fingerprint density at radius 2 is 1.71 bits per heavy atom. The molecule has 3 aromatic carbocycles. The van der Waals surface area contributed by atoms with Gasteiger partial charge in [-0.25, -0.2) is 4.79 Å². The monoisotopic (exact) mass is 814 g/mol. The van der Waals surface area contributed by atoms with E-state index in [4.69, 9.17) is 33.3 Å². The summed E-state index contributed by atoms with van der Waals surface area (Å²) in [5, 5.41) is 24.4. The molecule has 2 aliphatic heterocycles. The lowest BCUT2D eigenvalue weighted by Gasteiger charge is -2.59. The fourth-order valence-electron chi connectivity index (χ4n) is 9.26. The summed E-state index contributed by atoms with van der Waals surface area (Å²) in [5.41, 5.74) is 3.40. The quantitative estimate of drug-likeness (QED) is 0.0554. The number of unbranched alkanes of at least 4 members (excludes halogenated alkanes) is 2. The van der Waals surface area contributed by atoms with Crippen LogP contribution >= 0.6 is 11.8 Å². The minimum atomic E-state index is -1.43. The first-order valence-electron chi connectivity index (χ1n) is 20.0. The minimum Gasteiger partial charge on any atom is -0.459 e. The molecule has 6 atom stereocenters. The molecule has 0 bridgehead atoms. The number of thioether (sulfide) groups is 1. The van der Waals surface area contributed by atoms with Crippen LogP contribution in [0.2, 0.25) is 0 Å². The lowest BCUT2D eigenvalue weighted by atomic mass is 9.55. The summed E-state index contributed by atoms with van der Waals surface area (Å²) in [6.45, 7) is 4.63. The number of allylic oxidation sites excluding steroid dienone is 1. The number of aliphatic hydroxyl groups is 2. The van der Waals surface area contributed by atoms with Crippen molar-refractivity contribution in [1.82, 2.24) is 4.90 Å². The van der Waals surface area contributed by atoms with Crippen molar-refractivity contribution >= 4 is 23.6 Å². The molecule has 6 unspecified atom stereocenters. The van der Waals surface area contributed by atoms with Gasteiger partial charge in [0.1, 0.15) is 30.4 Å². The molecule has 2 aliphatic carbocycles. The van der Waals surface area contributed by atoms with Crippen molar-refractivity contribution in [2.75, 3.05) is 47.1 Å². The van der Waals surface area contributed by atoms with Crippen LogP contribution in [0.3, 0.4) is 0 Å². The Labute approximate surface area is 344 Å². The maximum atomic E-state index is 14.2. The summed E-state index contributed by atoms with van der Waals surface area (Å²) in [5.74, 6) is 1.29. The zero-order valence-corrected chi connectivity index (χ0v) is 34.3. The van der Waals surface area contributed by atoms with Gasteiger partial charge < -0.3 is 43.5 Å². The molecule has 310 valence electrons. The van der Waals surface area contributed by atoms with E-state index in [9.17, 15) is 15.0 Å². The molecule has 1 saturated carbocycles. The lowest BCUT2D eigenvalue weighted by Crippen LogP contribution is -2.70. The molecule has 4 aliphatic rings. The first-order valence-corrected chi connectivity index (χ1v) is 21.3. The molecule has 0 radical (unpaired) electrons. The van der Waals surface area contributed by atoms with E-state index in [1.54, 1.807) is 22.7 Å². The third kappa shape index (κ3) is 8.40. The fraction of sp³-hybridized carbons (Fsp3) is 0.467. The Hall–Kier alpha value is -4.69. The first kappa shape index (κ1) is 41.5. The van der Waals surface area contributed by atoms with Crippen molar-refractivity contribution in [3.05, 3.63) is 96.1 Å². The van der Waals surface area contributed by atoms with Crippen LogP contribution < -0.4 is 18.9 Å². The Balaban J connectivity index is 1.42. The summed E-state index contributed by atoms with van der Waals surface area (Å²) < 4.78 is 37.6. The van der Waals surface area contributed by atoms with Gasteiger partial charge in [0, 0.05) is 42.6 Å². The molecular weight excluding hydrogens is 761 g/mol. The molecule has 7 rings (SSSR count). The van der Waals surface area contributed by atoms with Gasteiger partial charge in [-0.1, -0.05) is 36.2 Å². The number of carbonyl (C=O) groups is 1. The first-order chi connectivity index (χ1) is 28.4. The molecule has 0 saturated heterocycles. The number of oxime groups is 1. The Morgan fingerprint density at radius 3 is 2.43 bits per heavy atom. The van der Waals surface area contributed by atoms with Crippen LogP contribution in [0, 0.1) is 17.8 Å². The second-order valence-electron chi connectivity index (χ2n) is 15.0. The van der Waals surface area contributed by atoms with E-state index >= 15 is 0 Å². The van der Waals surface area contributed by atoms with E-state index in [1.165, 1.54) is 14.2 Å². The van der Waals surface area contributed by atoms with Gasteiger partial charge in [-0.05, 0) is 110 Å². The largest absolute Gasteiger partial charge is 0.459 e. The summed E-state index contributed by atoms with van der Waals surface area (Å²) >= 11 is 1.67. The highest BCUT2D eigenvalue weighted by atomic mass is 32.2. The SMILES string of the molecule is C=CCOC12Oc3ccc(Oc4ccc(SC)cc4)cc3C3C(CCCCO)C(CCCCO)C=C(C(=NOC)CC1N(Cc1ccc4c(c1)OCO4)C(=O)OC)C32. The van der Waals surface area contributed by atoms with Crippen LogP contribution in [0.1, 0.15) is 62.0 Å². The van der Waals surface area contributed by atoms with Crippen LogP contribution in [0.25, 0.3) is 0 Å². The van der Waals surface area contributed by atoms with E-state index in [-0.39, 0.29) is 57.3 Å². The molecule has 0 spiro atoms. The van der Waals surface area contributed by atoms with Crippen molar-refractivity contribution in [3.63, 3.8) is 0 Å². The molecule has 58 heavy (non-hydrogen) atoms. The summed E-state index contributed by atoms with van der Waals surface area (Å²) in [6, 6.07) is 18.8. The smallest absolute Gasteiger partial charge is 0.410 e. The van der Waals surface area contributed by atoms with Crippen LogP contribution in [-0.2, 0) is 20.9 Å². The zero-order chi connectivity index (χ0) is 40.6. The minimum absolute atomic E-state index is 0.0624. The third-order valence-electron chi connectivity index (χ3n) is 11.7. The third-order valence-corrected chi connectivity index (χ3v) is 12.5. The maximum absolute atomic E-state index is 14.2. The second kappa shape index (κ2) is 18.9. The summed E-state index contributed by atoms with van der Waals surface area (Å²) in [6.07, 6.45) is 10.4. The van der Waals surface area contributed by atoms with Crippen LogP contribution in [-0.4, -0.2) is 85.8 Å². The van der Waals surface area contributed by atoms with Crippen molar-refractivity contribution in [2.45, 2.75) is 74.1 Å². The molecule has 1 fully saturated rings. The van der Waals surface area contributed by atoms with Crippen LogP contribution in [0.15, 0.2) is 95.0 Å². The number of nitrogens with zero attached hydrogens (tertiary/aromatic N) is 2. The van der Waals surface area contributed by atoms with Crippen LogP contribution in [0.5, 0.6) is 28.7 Å². The van der Waals surface area contributed by atoms with Gasteiger partial charge in [-0.3, -0.25) is 4.90 Å². The van der Waals surface area contributed by atoms with E-state index in [1.807, 2.05) is 60.9 Å². The molecule has 12 nitrogen and oxygen atoms in total. The molecular formula is C45H54N2O10S. The predicted molar refractivity (Wildman–Crippen MR) is 221 cm³/mol. The molecule has 13 heteroatoms. The highest BCUT2D eigenvalue weighted by Gasteiger charge is 2.65. The van der Waals surface area contributed by atoms with Crippen molar-refractivity contribution in [2.24, 2.45) is 22.9 Å². The number of amides is 1. The average molecular weight is 815 g/mol. The Kier molecular flexibility index (Phi) is 13.5. The number of benzene rings is 3.